The minimum Gasteiger partial charge on any atom is -0.453 e. The number of carbonyl (C=O) groups is 2. The van der Waals surface area contributed by atoms with Crippen LogP contribution in [0.3, 0.4) is 0 Å². The van der Waals surface area contributed by atoms with Crippen LogP contribution < -0.4 is 10.6 Å². The van der Waals surface area contributed by atoms with Crippen LogP contribution in [0.15, 0.2) is 30.5 Å². The van der Waals surface area contributed by atoms with Gasteiger partial charge >= 0.3 is 6.09 Å². The van der Waals surface area contributed by atoms with E-state index in [-0.39, 0.29) is 18.3 Å². The van der Waals surface area contributed by atoms with Crippen LogP contribution in [-0.4, -0.2) is 34.1 Å². The molecular formula is C13H15N5O3. The fraction of sp³-hybridized carbons (Fsp3) is 0.231. The number of carbonyl (C=O) groups excluding carboxylic acids is 2. The topological polar surface area (TPSA) is 98.1 Å². The Morgan fingerprint density at radius 3 is 2.76 bits per heavy atom. The average Bonchev–Trinajstić information content (AvgIpc) is 2.88. The van der Waals surface area contributed by atoms with Gasteiger partial charge in [0.15, 0.2) is 5.82 Å². The molecule has 2 aromatic rings. The molecule has 0 saturated heterocycles. The quantitative estimate of drug-likeness (QED) is 0.886. The van der Waals surface area contributed by atoms with Crippen molar-refractivity contribution in [3.63, 3.8) is 0 Å². The molecule has 1 heterocycles. The van der Waals surface area contributed by atoms with E-state index in [1.807, 2.05) is 31.2 Å². The smallest absolute Gasteiger partial charge is 0.412 e. The molecule has 8 nitrogen and oxygen atoms in total. The fourth-order valence-corrected chi connectivity index (χ4v) is 1.64. The van der Waals surface area contributed by atoms with Gasteiger partial charge in [0.1, 0.15) is 6.54 Å². The summed E-state index contributed by atoms with van der Waals surface area (Å²) in [6.45, 7) is 1.90. The van der Waals surface area contributed by atoms with Crippen LogP contribution in [0.2, 0.25) is 0 Å². The number of amides is 2. The zero-order valence-corrected chi connectivity index (χ0v) is 11.7. The van der Waals surface area contributed by atoms with Gasteiger partial charge in [0.2, 0.25) is 5.91 Å². The van der Waals surface area contributed by atoms with Gasteiger partial charge in [-0.05, 0) is 18.6 Å². The third-order valence-electron chi connectivity index (χ3n) is 2.68. The van der Waals surface area contributed by atoms with E-state index in [9.17, 15) is 9.59 Å². The Kier molecular flexibility index (Phi) is 4.50. The number of aromatic nitrogens is 3. The molecule has 0 saturated carbocycles. The van der Waals surface area contributed by atoms with E-state index in [1.54, 1.807) is 0 Å². The molecule has 0 atom stereocenters. The molecule has 1 aromatic heterocycles. The number of rotatable bonds is 4. The minimum atomic E-state index is -0.647. The lowest BCUT2D eigenvalue weighted by Crippen LogP contribution is -2.19. The molecule has 1 aromatic carbocycles. The second-order valence-corrected chi connectivity index (χ2v) is 4.28. The number of nitrogens with zero attached hydrogens (tertiary/aromatic N) is 3. The summed E-state index contributed by atoms with van der Waals surface area (Å²) in [5.74, 6) is -0.0237. The summed E-state index contributed by atoms with van der Waals surface area (Å²) in [5.41, 5.74) is 1.72. The van der Waals surface area contributed by atoms with E-state index in [1.165, 1.54) is 18.0 Å². The van der Waals surface area contributed by atoms with Crippen molar-refractivity contribution in [2.75, 3.05) is 17.7 Å². The Morgan fingerprint density at radius 1 is 1.29 bits per heavy atom. The average molecular weight is 289 g/mol. The molecule has 2 rings (SSSR count). The molecule has 8 heteroatoms. The van der Waals surface area contributed by atoms with Crippen molar-refractivity contribution in [1.82, 2.24) is 15.0 Å². The van der Waals surface area contributed by atoms with Gasteiger partial charge in [0.25, 0.3) is 0 Å². The molecule has 0 fully saturated rings. The third-order valence-corrected chi connectivity index (χ3v) is 2.68. The molecule has 0 bridgehead atoms. The van der Waals surface area contributed by atoms with Gasteiger partial charge in [-0.15, -0.1) is 5.10 Å². The Morgan fingerprint density at radius 2 is 2.05 bits per heavy atom. The van der Waals surface area contributed by atoms with Crippen molar-refractivity contribution in [2.24, 2.45) is 0 Å². The minimum absolute atomic E-state index is 0.00974. The van der Waals surface area contributed by atoms with E-state index in [0.29, 0.717) is 0 Å². The highest BCUT2D eigenvalue weighted by Crippen LogP contribution is 2.13. The Bertz CT molecular complexity index is 653. The monoisotopic (exact) mass is 289 g/mol. The predicted molar refractivity (Wildman–Crippen MR) is 75.9 cm³/mol. The maximum atomic E-state index is 11.9. The number of methoxy groups -OCH3 is 1. The van der Waals surface area contributed by atoms with Gasteiger partial charge in [0, 0.05) is 5.69 Å². The zero-order chi connectivity index (χ0) is 15.2. The molecule has 0 spiro atoms. The van der Waals surface area contributed by atoms with Crippen molar-refractivity contribution in [3.8, 4) is 0 Å². The van der Waals surface area contributed by atoms with Crippen LogP contribution in [-0.2, 0) is 16.1 Å². The van der Waals surface area contributed by atoms with Crippen molar-refractivity contribution < 1.29 is 14.3 Å². The molecule has 110 valence electrons. The summed E-state index contributed by atoms with van der Waals surface area (Å²) >= 11 is 0. The standard InChI is InChI=1S/C13H15N5O3/c1-9-5-3-4-6-10(9)14-12(19)8-18-7-11(16-17-18)15-13(20)21-2/h3-7H,8H2,1-2H3,(H,14,19)(H,15,20). The molecule has 21 heavy (non-hydrogen) atoms. The van der Waals surface area contributed by atoms with Gasteiger partial charge in [-0.2, -0.15) is 0 Å². The lowest BCUT2D eigenvalue weighted by Gasteiger charge is -2.07. The van der Waals surface area contributed by atoms with Crippen molar-refractivity contribution in [3.05, 3.63) is 36.0 Å². The second-order valence-electron chi connectivity index (χ2n) is 4.28. The van der Waals surface area contributed by atoms with Crippen molar-refractivity contribution in [2.45, 2.75) is 13.5 Å². The number of para-hydroxylation sites is 1. The number of aryl methyl sites for hydroxylation is 1. The number of nitrogens with one attached hydrogen (secondary N) is 2. The number of ether oxygens (including phenoxy) is 1. The highest BCUT2D eigenvalue weighted by Gasteiger charge is 2.09. The summed E-state index contributed by atoms with van der Waals surface area (Å²) in [6.07, 6.45) is 0.792. The van der Waals surface area contributed by atoms with Crippen LogP contribution in [0.25, 0.3) is 0 Å². The fourth-order valence-electron chi connectivity index (χ4n) is 1.64. The summed E-state index contributed by atoms with van der Waals surface area (Å²) in [6, 6.07) is 7.46. The van der Waals surface area contributed by atoms with E-state index in [0.717, 1.165) is 11.3 Å². The van der Waals surface area contributed by atoms with Gasteiger partial charge in [-0.3, -0.25) is 10.1 Å². The van der Waals surface area contributed by atoms with Crippen LogP contribution >= 0.6 is 0 Å². The molecular weight excluding hydrogens is 274 g/mol. The normalized spacial score (nSPS) is 10.0. The van der Waals surface area contributed by atoms with E-state index in [4.69, 9.17) is 0 Å². The number of hydrogen-bond donors (Lipinski definition) is 2. The number of hydrogen-bond acceptors (Lipinski definition) is 5. The van der Waals surface area contributed by atoms with Crippen molar-refractivity contribution in [1.29, 1.82) is 0 Å². The van der Waals surface area contributed by atoms with E-state index >= 15 is 0 Å². The SMILES string of the molecule is COC(=O)Nc1cn(CC(=O)Nc2ccccc2C)nn1. The largest absolute Gasteiger partial charge is 0.453 e. The molecule has 0 aliphatic rings. The molecule has 0 aliphatic carbocycles. The maximum absolute atomic E-state index is 11.9. The van der Waals surface area contributed by atoms with Gasteiger partial charge < -0.3 is 10.1 Å². The van der Waals surface area contributed by atoms with E-state index in [2.05, 4.69) is 25.7 Å². The molecule has 2 amide bonds. The van der Waals surface area contributed by atoms with E-state index < -0.39 is 6.09 Å². The lowest BCUT2D eigenvalue weighted by molar-refractivity contribution is -0.116. The molecule has 2 N–H and O–H groups in total. The van der Waals surface area contributed by atoms with Gasteiger partial charge in [-0.25, -0.2) is 9.48 Å². The first-order valence-corrected chi connectivity index (χ1v) is 6.19. The third kappa shape index (κ3) is 4.03. The first kappa shape index (κ1) is 14.5. The van der Waals surface area contributed by atoms with Crippen LogP contribution in [0, 0.1) is 6.92 Å². The molecule has 0 radical (unpaired) electrons. The first-order chi connectivity index (χ1) is 10.1. The maximum Gasteiger partial charge on any atom is 0.412 e. The van der Waals surface area contributed by atoms with Crippen LogP contribution in [0.5, 0.6) is 0 Å². The molecule has 0 aliphatic heterocycles. The number of anilines is 2. The highest BCUT2D eigenvalue weighted by molar-refractivity contribution is 5.91. The Hall–Kier alpha value is -2.90. The zero-order valence-electron chi connectivity index (χ0n) is 11.7. The van der Waals surface area contributed by atoms with Gasteiger partial charge in [-0.1, -0.05) is 23.4 Å². The summed E-state index contributed by atoms with van der Waals surface area (Å²) in [7, 11) is 1.25. The van der Waals surface area contributed by atoms with Crippen LogP contribution in [0.4, 0.5) is 16.3 Å². The van der Waals surface area contributed by atoms with Crippen molar-refractivity contribution >= 4 is 23.5 Å². The summed E-state index contributed by atoms with van der Waals surface area (Å²) in [5, 5.41) is 12.6. The molecule has 0 unspecified atom stereocenters. The number of benzene rings is 1. The van der Waals surface area contributed by atoms with Gasteiger partial charge in [0.05, 0.1) is 13.3 Å². The Balaban J connectivity index is 1.94. The summed E-state index contributed by atoms with van der Waals surface area (Å²) in [4.78, 5) is 22.9. The lowest BCUT2D eigenvalue weighted by atomic mass is 10.2. The van der Waals surface area contributed by atoms with Crippen LogP contribution in [0.1, 0.15) is 5.56 Å². The first-order valence-electron chi connectivity index (χ1n) is 6.19. The second kappa shape index (κ2) is 6.51. The summed E-state index contributed by atoms with van der Waals surface area (Å²) < 4.78 is 5.75. The predicted octanol–water partition coefficient (Wildman–Crippen LogP) is 1.40. The Labute approximate surface area is 121 Å². The highest BCUT2D eigenvalue weighted by atomic mass is 16.5.